The Morgan fingerprint density at radius 3 is 2.53 bits per heavy atom. The van der Waals surface area contributed by atoms with Crippen LogP contribution in [-0.4, -0.2) is 41.2 Å². The van der Waals surface area contributed by atoms with Gasteiger partial charge in [0.1, 0.15) is 5.82 Å². The molecule has 2 atom stereocenters. The summed E-state index contributed by atoms with van der Waals surface area (Å²) >= 11 is 6.97. The van der Waals surface area contributed by atoms with Crippen LogP contribution in [0.2, 0.25) is 0 Å². The maximum Gasteiger partial charge on any atom is 0.347 e. The topological polar surface area (TPSA) is 92.0 Å². The van der Waals surface area contributed by atoms with E-state index in [0.717, 1.165) is 10.9 Å². The predicted octanol–water partition coefficient (Wildman–Crippen LogP) is 6.05. The molecule has 0 N–H and O–H groups in total. The lowest BCUT2D eigenvalue weighted by Gasteiger charge is -2.17. The Morgan fingerprint density at radius 2 is 1.86 bits per heavy atom. The number of ether oxygens (including phenoxy) is 3. The van der Waals surface area contributed by atoms with E-state index in [-0.39, 0.29) is 18.1 Å². The van der Waals surface area contributed by atoms with Crippen molar-refractivity contribution in [2.75, 3.05) is 13.2 Å². The fourth-order valence-electron chi connectivity index (χ4n) is 3.41. The number of benzene rings is 2. The molecule has 8 nitrogen and oxygen atoms in total. The summed E-state index contributed by atoms with van der Waals surface area (Å²) in [5.41, 5.74) is 1.03. The van der Waals surface area contributed by atoms with E-state index >= 15 is 0 Å². The van der Waals surface area contributed by atoms with E-state index in [1.165, 1.54) is 4.68 Å². The molecular weight excluding hydrogens is 594 g/mol. The van der Waals surface area contributed by atoms with Crippen molar-refractivity contribution in [2.45, 2.75) is 53.1 Å². The van der Waals surface area contributed by atoms with Gasteiger partial charge >= 0.3 is 5.97 Å². The van der Waals surface area contributed by atoms with Gasteiger partial charge in [0.2, 0.25) is 0 Å². The summed E-state index contributed by atoms with van der Waals surface area (Å²) in [7, 11) is 0. The van der Waals surface area contributed by atoms with Crippen LogP contribution >= 0.6 is 31.9 Å². The predicted molar refractivity (Wildman–Crippen MR) is 147 cm³/mol. The molecule has 1 aromatic heterocycles. The second kappa shape index (κ2) is 12.5. The Balaban J connectivity index is 2.06. The molecule has 192 valence electrons. The van der Waals surface area contributed by atoms with Gasteiger partial charge in [-0.2, -0.15) is 9.78 Å². The quantitative estimate of drug-likeness (QED) is 0.202. The first-order chi connectivity index (χ1) is 17.2. The maximum absolute atomic E-state index is 13.4. The molecular formula is C26H29Br2N3O5. The Labute approximate surface area is 226 Å². The van der Waals surface area contributed by atoms with Crippen molar-refractivity contribution in [1.82, 2.24) is 9.66 Å². The van der Waals surface area contributed by atoms with E-state index in [9.17, 15) is 9.59 Å². The molecule has 3 rings (SSSR count). The smallest absolute Gasteiger partial charge is 0.347 e. The van der Waals surface area contributed by atoms with E-state index in [2.05, 4.69) is 37.0 Å². The van der Waals surface area contributed by atoms with Gasteiger partial charge in [-0.15, -0.1) is 0 Å². The van der Waals surface area contributed by atoms with Crippen LogP contribution in [0.3, 0.4) is 0 Å². The zero-order valence-corrected chi connectivity index (χ0v) is 24.1. The average Bonchev–Trinajstić information content (AvgIpc) is 2.85. The fourth-order valence-corrected chi connectivity index (χ4v) is 4.19. The van der Waals surface area contributed by atoms with Gasteiger partial charge in [0, 0.05) is 20.4 Å². The van der Waals surface area contributed by atoms with Crippen LogP contribution in [0.15, 0.2) is 49.2 Å². The van der Waals surface area contributed by atoms with Gasteiger partial charge in [-0.25, -0.2) is 9.78 Å². The van der Waals surface area contributed by atoms with E-state index in [1.807, 2.05) is 32.9 Å². The van der Waals surface area contributed by atoms with Crippen molar-refractivity contribution < 1.29 is 19.0 Å². The Bertz CT molecular complexity index is 1340. The lowest BCUT2D eigenvalue weighted by Crippen LogP contribution is -2.26. The van der Waals surface area contributed by atoms with Crippen molar-refractivity contribution in [3.63, 3.8) is 0 Å². The van der Waals surface area contributed by atoms with Crippen molar-refractivity contribution in [3.8, 4) is 11.5 Å². The molecule has 0 fully saturated rings. The summed E-state index contributed by atoms with van der Waals surface area (Å²) in [4.78, 5) is 30.1. The van der Waals surface area contributed by atoms with Crippen LogP contribution in [-0.2, 0) is 9.53 Å². The normalized spacial score (nSPS) is 13.1. The molecule has 0 aliphatic carbocycles. The van der Waals surface area contributed by atoms with Gasteiger partial charge in [0.15, 0.2) is 17.6 Å². The summed E-state index contributed by atoms with van der Waals surface area (Å²) in [5, 5.41) is 5.00. The van der Waals surface area contributed by atoms with Gasteiger partial charge in [0.05, 0.1) is 30.3 Å². The molecule has 36 heavy (non-hydrogen) atoms. The van der Waals surface area contributed by atoms with Crippen molar-refractivity contribution in [1.29, 1.82) is 0 Å². The number of esters is 1. The molecule has 10 heteroatoms. The van der Waals surface area contributed by atoms with Crippen molar-refractivity contribution in [2.24, 2.45) is 5.10 Å². The third-order valence-electron chi connectivity index (χ3n) is 5.48. The first-order valence-corrected chi connectivity index (χ1v) is 13.3. The monoisotopic (exact) mass is 621 g/mol. The molecule has 0 aliphatic heterocycles. The highest BCUT2D eigenvalue weighted by Gasteiger charge is 2.20. The van der Waals surface area contributed by atoms with Gasteiger partial charge in [0.25, 0.3) is 5.56 Å². The largest absolute Gasteiger partial charge is 0.490 e. The summed E-state index contributed by atoms with van der Waals surface area (Å²) in [6.07, 6.45) is 1.56. The third-order valence-corrected chi connectivity index (χ3v) is 6.66. The molecule has 0 spiro atoms. The molecule has 0 saturated heterocycles. The van der Waals surface area contributed by atoms with E-state index < -0.39 is 12.1 Å². The molecule has 2 aromatic carbocycles. The van der Waals surface area contributed by atoms with E-state index in [0.29, 0.717) is 44.9 Å². The molecule has 3 aromatic rings. The first kappa shape index (κ1) is 27.9. The van der Waals surface area contributed by atoms with Crippen LogP contribution in [0.1, 0.15) is 58.3 Å². The summed E-state index contributed by atoms with van der Waals surface area (Å²) in [5.74, 6) is 0.960. The highest BCUT2D eigenvalue weighted by Crippen LogP contribution is 2.34. The molecule has 1 heterocycles. The number of nitrogens with zero attached hydrogens (tertiary/aromatic N) is 3. The van der Waals surface area contributed by atoms with E-state index in [1.54, 1.807) is 38.3 Å². The van der Waals surface area contributed by atoms with Gasteiger partial charge in [-0.1, -0.05) is 29.8 Å². The Hall–Kier alpha value is -2.72. The Kier molecular flexibility index (Phi) is 9.67. The number of halogens is 2. The van der Waals surface area contributed by atoms with Crippen LogP contribution in [0.5, 0.6) is 11.5 Å². The number of hydrogen-bond acceptors (Lipinski definition) is 7. The van der Waals surface area contributed by atoms with Gasteiger partial charge in [-0.05, 0) is 73.5 Å². The lowest BCUT2D eigenvalue weighted by molar-refractivity contribution is -0.150. The molecule has 0 aliphatic rings. The van der Waals surface area contributed by atoms with E-state index in [4.69, 9.17) is 19.2 Å². The number of carbonyl (C=O) groups is 1. The summed E-state index contributed by atoms with van der Waals surface area (Å²) in [6, 6.07) is 8.87. The van der Waals surface area contributed by atoms with Crippen LogP contribution < -0.4 is 15.0 Å². The molecule has 0 bridgehead atoms. The second-order valence-electron chi connectivity index (χ2n) is 8.07. The number of carbonyl (C=O) groups excluding carboxylic acids is 1. The zero-order valence-electron chi connectivity index (χ0n) is 20.9. The average molecular weight is 623 g/mol. The fraction of sp³-hybridized carbons (Fsp3) is 0.385. The number of rotatable bonds is 10. The van der Waals surface area contributed by atoms with Crippen LogP contribution in [0, 0.1) is 0 Å². The van der Waals surface area contributed by atoms with Crippen molar-refractivity contribution >= 4 is 54.9 Å². The Morgan fingerprint density at radius 1 is 1.11 bits per heavy atom. The van der Waals surface area contributed by atoms with Crippen molar-refractivity contribution in [3.05, 3.63) is 61.0 Å². The highest BCUT2D eigenvalue weighted by atomic mass is 79.9. The molecule has 0 amide bonds. The first-order valence-electron chi connectivity index (χ1n) is 11.8. The minimum atomic E-state index is -0.810. The molecule has 0 unspecified atom stereocenters. The van der Waals surface area contributed by atoms with Gasteiger partial charge in [-0.3, -0.25) is 4.79 Å². The SMILES string of the molecule is CCOC(=O)[C@@H](C)Oc1cc(Br)c(C=Nn2c([C@@H](C)CC)nc3ccc(Br)cc3c2=O)cc1OCC. The molecule has 0 saturated carbocycles. The summed E-state index contributed by atoms with van der Waals surface area (Å²) in [6.45, 7) is 9.92. The second-order valence-corrected chi connectivity index (χ2v) is 9.84. The standard InChI is InChI=1S/C26H29Br2N3O5/c1-6-15(4)24-30-21-10-9-18(27)12-19(21)25(32)31(24)29-14-17-11-22(34-7-2)23(13-20(17)28)36-16(5)26(33)35-8-3/h9-16H,6-8H2,1-5H3/t15-,16+/m0/s1. The minimum absolute atomic E-state index is 0.0189. The number of aromatic nitrogens is 2. The van der Waals surface area contributed by atoms with Gasteiger partial charge < -0.3 is 14.2 Å². The maximum atomic E-state index is 13.4. The highest BCUT2D eigenvalue weighted by molar-refractivity contribution is 9.10. The summed E-state index contributed by atoms with van der Waals surface area (Å²) < 4.78 is 19.4. The number of fused-ring (bicyclic) bond motifs is 1. The number of hydrogen-bond donors (Lipinski definition) is 0. The third kappa shape index (κ3) is 6.34. The van der Waals surface area contributed by atoms with Crippen LogP contribution in [0.4, 0.5) is 0 Å². The van der Waals surface area contributed by atoms with Crippen LogP contribution in [0.25, 0.3) is 10.9 Å². The molecule has 0 radical (unpaired) electrons. The zero-order chi connectivity index (χ0) is 26.4. The lowest BCUT2D eigenvalue weighted by atomic mass is 10.1. The minimum Gasteiger partial charge on any atom is -0.490 e.